The van der Waals surface area contributed by atoms with E-state index in [1.54, 1.807) is 43.6 Å². The monoisotopic (exact) mass is 573 g/mol. The molecule has 10 heteroatoms. The van der Waals surface area contributed by atoms with Gasteiger partial charge in [0.1, 0.15) is 5.82 Å². The number of fused-ring (bicyclic) bond motifs is 1. The molecule has 3 aromatic carbocycles. The lowest BCUT2D eigenvalue weighted by Crippen LogP contribution is -2.39. The van der Waals surface area contributed by atoms with E-state index < -0.39 is 26.7 Å². The highest BCUT2D eigenvalue weighted by atomic mass is 32.2. The highest BCUT2D eigenvalue weighted by Crippen LogP contribution is 2.45. The fraction of sp³-hybridized carbons (Fsp3) is 0.161. The number of nitrogens with zero attached hydrogens (tertiary/aromatic N) is 2. The predicted octanol–water partition coefficient (Wildman–Crippen LogP) is 5.55. The minimum absolute atomic E-state index is 0.154. The highest BCUT2D eigenvalue weighted by molar-refractivity contribution is 7.97. The number of allylic oxidation sites excluding steroid dienone is 1. The van der Waals surface area contributed by atoms with Crippen molar-refractivity contribution in [3.8, 4) is 11.5 Å². The zero-order valence-corrected chi connectivity index (χ0v) is 23.5. The van der Waals surface area contributed by atoms with Crippen molar-refractivity contribution in [3.05, 3.63) is 118 Å². The Morgan fingerprint density at radius 1 is 0.927 bits per heavy atom. The summed E-state index contributed by atoms with van der Waals surface area (Å²) in [7, 11) is -1.52. The minimum atomic E-state index is -4.42. The zero-order valence-electron chi connectivity index (χ0n) is 22.7. The van der Waals surface area contributed by atoms with E-state index in [0.717, 1.165) is 15.4 Å². The number of amides is 1. The zero-order chi connectivity index (χ0) is 29.1. The molecule has 0 saturated carbocycles. The number of halogens is 1. The second kappa shape index (κ2) is 11.4. The second-order valence-electron chi connectivity index (χ2n) is 9.46. The van der Waals surface area contributed by atoms with Gasteiger partial charge in [0, 0.05) is 35.3 Å². The van der Waals surface area contributed by atoms with Gasteiger partial charge in [-0.3, -0.25) is 14.1 Å². The molecule has 4 aromatic rings. The summed E-state index contributed by atoms with van der Waals surface area (Å²) in [6, 6.07) is 20.1. The summed E-state index contributed by atoms with van der Waals surface area (Å²) in [5, 5.41) is 2.72. The van der Waals surface area contributed by atoms with E-state index in [-0.39, 0.29) is 23.4 Å². The summed E-state index contributed by atoms with van der Waals surface area (Å²) in [6.45, 7) is 1.24. The van der Waals surface area contributed by atoms with E-state index in [9.17, 15) is 17.6 Å². The van der Waals surface area contributed by atoms with Crippen molar-refractivity contribution < 1.29 is 27.1 Å². The molecule has 1 aliphatic heterocycles. The molecular weight excluding hydrogens is 545 g/mol. The van der Waals surface area contributed by atoms with E-state index in [1.165, 1.54) is 38.5 Å². The quantitative estimate of drug-likeness (QED) is 0.297. The largest absolute Gasteiger partial charge is 0.493 e. The Bertz CT molecular complexity index is 1740. The van der Waals surface area contributed by atoms with Crippen molar-refractivity contribution in [3.63, 3.8) is 0 Å². The van der Waals surface area contributed by atoms with Crippen LogP contribution >= 0.6 is 0 Å². The third-order valence-corrected chi connectivity index (χ3v) is 8.82. The molecular formula is C31H28FN3O5S. The van der Waals surface area contributed by atoms with Crippen LogP contribution in [0.25, 0.3) is 5.57 Å². The molecule has 2 heterocycles. The normalized spacial score (nSPS) is 13.9. The number of aromatic nitrogens is 1. The second-order valence-corrected chi connectivity index (χ2v) is 11.3. The van der Waals surface area contributed by atoms with Crippen LogP contribution in [0.2, 0.25) is 0 Å². The molecule has 1 N–H and O–H groups in total. The van der Waals surface area contributed by atoms with Gasteiger partial charge in [0.05, 0.1) is 26.5 Å². The lowest BCUT2D eigenvalue weighted by molar-refractivity contribution is -0.112. The summed E-state index contributed by atoms with van der Waals surface area (Å²) in [6.07, 6.45) is 4.14. The van der Waals surface area contributed by atoms with E-state index in [1.807, 2.05) is 24.3 Å². The fourth-order valence-electron chi connectivity index (χ4n) is 4.80. The Labute approximate surface area is 238 Å². The fourth-order valence-corrected chi connectivity index (χ4v) is 6.52. The molecule has 0 aliphatic carbocycles. The number of carbonyl (C=O) groups excluding carboxylic acids is 1. The van der Waals surface area contributed by atoms with Crippen LogP contribution in [0.15, 0.2) is 90.1 Å². The van der Waals surface area contributed by atoms with Crippen molar-refractivity contribution >= 4 is 32.9 Å². The van der Waals surface area contributed by atoms with Crippen molar-refractivity contribution in [2.24, 2.45) is 0 Å². The molecule has 0 atom stereocenters. The number of hydrogen-bond donors (Lipinski definition) is 1. The third-order valence-electron chi connectivity index (χ3n) is 6.91. The Hall–Kier alpha value is -4.70. The summed E-state index contributed by atoms with van der Waals surface area (Å²) in [5.74, 6) is -0.704. The standard InChI is InChI=1S/C31H28FN3O5S/c1-20-25-17-28(39-2)29(40-3)18-27(25)35(19-23-6-4-5-7-26(23)32)41(37,38)30(20)31(36)34-24-10-8-21(9-11-24)16-22-12-14-33-15-13-22/h4-15,17-18H,16,19H2,1-3H3,(H,34,36). The molecule has 1 amide bonds. The highest BCUT2D eigenvalue weighted by Gasteiger charge is 2.40. The van der Waals surface area contributed by atoms with E-state index in [2.05, 4.69) is 10.3 Å². The smallest absolute Gasteiger partial charge is 0.270 e. The minimum Gasteiger partial charge on any atom is -0.493 e. The topological polar surface area (TPSA) is 97.8 Å². The number of anilines is 2. The maximum Gasteiger partial charge on any atom is 0.270 e. The van der Waals surface area contributed by atoms with Crippen LogP contribution in [-0.4, -0.2) is 33.5 Å². The van der Waals surface area contributed by atoms with Crippen LogP contribution in [0.4, 0.5) is 15.8 Å². The maximum atomic E-state index is 14.7. The van der Waals surface area contributed by atoms with Crippen molar-refractivity contribution in [2.45, 2.75) is 19.9 Å². The number of carbonyl (C=O) groups is 1. The van der Waals surface area contributed by atoms with Crippen LogP contribution in [0.3, 0.4) is 0 Å². The first-order valence-electron chi connectivity index (χ1n) is 12.8. The molecule has 210 valence electrons. The third kappa shape index (κ3) is 5.51. The molecule has 41 heavy (non-hydrogen) atoms. The van der Waals surface area contributed by atoms with E-state index in [4.69, 9.17) is 9.47 Å². The van der Waals surface area contributed by atoms with Gasteiger partial charge in [0.15, 0.2) is 16.4 Å². The average Bonchev–Trinajstić information content (AvgIpc) is 2.97. The SMILES string of the molecule is COc1cc2c(cc1OC)N(Cc1ccccc1F)S(=O)(=O)C(C(=O)Nc1ccc(Cc3ccncc3)cc1)=C2C. The van der Waals surface area contributed by atoms with E-state index in [0.29, 0.717) is 29.2 Å². The summed E-state index contributed by atoms with van der Waals surface area (Å²) in [4.78, 5) is 17.2. The number of methoxy groups -OCH3 is 2. The maximum absolute atomic E-state index is 14.7. The lowest BCUT2D eigenvalue weighted by Gasteiger charge is -2.33. The molecule has 5 rings (SSSR count). The number of rotatable bonds is 8. The Morgan fingerprint density at radius 3 is 2.22 bits per heavy atom. The molecule has 1 aliphatic rings. The lowest BCUT2D eigenvalue weighted by atomic mass is 10.0. The van der Waals surface area contributed by atoms with Crippen molar-refractivity contribution in [1.82, 2.24) is 4.98 Å². The van der Waals surface area contributed by atoms with Crippen LogP contribution in [0, 0.1) is 5.82 Å². The van der Waals surface area contributed by atoms with Gasteiger partial charge in [-0.15, -0.1) is 0 Å². The Kier molecular flexibility index (Phi) is 7.76. The van der Waals surface area contributed by atoms with Crippen molar-refractivity contribution in [1.29, 1.82) is 0 Å². The molecule has 0 radical (unpaired) electrons. The van der Waals surface area contributed by atoms with Crippen LogP contribution in [0.5, 0.6) is 11.5 Å². The van der Waals surface area contributed by atoms with Gasteiger partial charge in [-0.2, -0.15) is 0 Å². The summed E-state index contributed by atoms with van der Waals surface area (Å²) >= 11 is 0. The van der Waals surface area contributed by atoms with Crippen molar-refractivity contribution in [2.75, 3.05) is 23.8 Å². The number of ether oxygens (including phenoxy) is 2. The first-order valence-corrected chi connectivity index (χ1v) is 14.2. The van der Waals surface area contributed by atoms with Gasteiger partial charge in [-0.25, -0.2) is 12.8 Å². The number of hydrogen-bond acceptors (Lipinski definition) is 6. The number of pyridine rings is 1. The molecule has 0 fully saturated rings. The van der Waals surface area contributed by atoms with Gasteiger partial charge >= 0.3 is 0 Å². The molecule has 0 spiro atoms. The molecule has 0 saturated heterocycles. The number of nitrogens with one attached hydrogen (secondary N) is 1. The first kappa shape index (κ1) is 27.9. The van der Waals surface area contributed by atoms with Gasteiger partial charge in [0.25, 0.3) is 15.9 Å². The van der Waals surface area contributed by atoms with E-state index >= 15 is 0 Å². The number of sulfonamides is 1. The van der Waals surface area contributed by atoms with Crippen LogP contribution in [-0.2, 0) is 27.8 Å². The summed E-state index contributed by atoms with van der Waals surface area (Å²) in [5.41, 5.74) is 3.63. The average molecular weight is 574 g/mol. The van der Waals surface area contributed by atoms with Crippen LogP contribution in [0.1, 0.15) is 29.2 Å². The Morgan fingerprint density at radius 2 is 1.56 bits per heavy atom. The molecule has 1 aromatic heterocycles. The molecule has 0 unspecified atom stereocenters. The van der Waals surface area contributed by atoms with Gasteiger partial charge in [0.2, 0.25) is 0 Å². The van der Waals surface area contributed by atoms with Crippen LogP contribution < -0.4 is 19.1 Å². The predicted molar refractivity (Wildman–Crippen MR) is 156 cm³/mol. The first-order chi connectivity index (χ1) is 19.7. The van der Waals surface area contributed by atoms with Gasteiger partial charge < -0.3 is 14.8 Å². The molecule has 0 bridgehead atoms. The van der Waals surface area contributed by atoms with Gasteiger partial charge in [-0.05, 0) is 66.4 Å². The van der Waals surface area contributed by atoms with Gasteiger partial charge in [-0.1, -0.05) is 30.3 Å². The Balaban J connectivity index is 1.53. The molecule has 8 nitrogen and oxygen atoms in total. The number of benzene rings is 3. The summed E-state index contributed by atoms with van der Waals surface area (Å²) < 4.78 is 54.7.